The summed E-state index contributed by atoms with van der Waals surface area (Å²) in [6.07, 6.45) is 7.23. The zero-order valence-corrected chi connectivity index (χ0v) is 6.14. The molecule has 0 saturated heterocycles. The maximum Gasteiger partial charge on any atom is 0.0919 e. The van der Waals surface area contributed by atoms with Gasteiger partial charge in [-0.3, -0.25) is 0 Å². The van der Waals surface area contributed by atoms with Crippen molar-refractivity contribution in [1.29, 1.82) is 0 Å². The molecule has 0 aliphatic carbocycles. The summed E-state index contributed by atoms with van der Waals surface area (Å²) < 4.78 is 7.75. The van der Waals surface area contributed by atoms with E-state index >= 15 is 0 Å². The third-order valence-corrected chi connectivity index (χ3v) is 1.59. The minimum Gasteiger partial charge on any atom is -0.322 e. The highest BCUT2D eigenvalue weighted by atomic mass is 32.1. The van der Waals surface area contributed by atoms with E-state index in [2.05, 4.69) is 14.7 Å². The van der Waals surface area contributed by atoms with Crippen molar-refractivity contribution < 1.29 is 0 Å². The highest BCUT2D eigenvalue weighted by Crippen LogP contribution is 2.09. The topological polar surface area (TPSA) is 51.8 Å². The third kappa shape index (κ3) is 1.53. The van der Waals surface area contributed by atoms with Crippen LogP contribution in [-0.4, -0.2) is 8.75 Å². The van der Waals surface area contributed by atoms with Crippen molar-refractivity contribution >= 4 is 11.7 Å². The predicted octanol–water partition coefficient (Wildman–Crippen LogP) is 0.561. The molecule has 0 bridgehead atoms. The zero-order chi connectivity index (χ0) is 7.40. The second-order valence-electron chi connectivity index (χ2n) is 1.85. The second kappa shape index (κ2) is 3.30. The summed E-state index contributed by atoms with van der Waals surface area (Å²) in [4.78, 5) is 0. The van der Waals surface area contributed by atoms with E-state index in [1.165, 1.54) is 0 Å². The molecule has 0 spiro atoms. The summed E-state index contributed by atoms with van der Waals surface area (Å²) in [6, 6.07) is -0.149. The number of rotatable bonds is 2. The molecule has 0 aromatic carbocycles. The number of hydrogen-bond acceptors (Lipinski definition) is 4. The molecule has 52 valence electrons. The molecule has 0 fully saturated rings. The quantitative estimate of drug-likeness (QED) is 0.632. The summed E-state index contributed by atoms with van der Waals surface area (Å²) in [5, 5.41) is 0. The standard InChI is InChI=1S/C6H7N3S/c1-2-3-5(7)6-4-8-10-9-6/h1,4-5H,3,7H2. The first-order chi connectivity index (χ1) is 4.84. The molecule has 1 aromatic rings. The van der Waals surface area contributed by atoms with Crippen LogP contribution in [0.4, 0.5) is 0 Å². The van der Waals surface area contributed by atoms with Gasteiger partial charge in [-0.05, 0) is 0 Å². The molecule has 0 radical (unpaired) electrons. The lowest BCUT2D eigenvalue weighted by molar-refractivity contribution is 0.734. The molecular formula is C6H7N3S. The molecule has 10 heavy (non-hydrogen) atoms. The first-order valence-electron chi connectivity index (χ1n) is 2.81. The smallest absolute Gasteiger partial charge is 0.0919 e. The summed E-state index contributed by atoms with van der Waals surface area (Å²) >= 11 is 1.15. The molecule has 1 unspecified atom stereocenters. The molecular weight excluding hydrogens is 146 g/mol. The Hall–Kier alpha value is -0.920. The van der Waals surface area contributed by atoms with Crippen molar-refractivity contribution in [1.82, 2.24) is 8.75 Å². The molecule has 1 aromatic heterocycles. The van der Waals surface area contributed by atoms with Gasteiger partial charge in [-0.25, -0.2) is 0 Å². The van der Waals surface area contributed by atoms with E-state index in [9.17, 15) is 0 Å². The fourth-order valence-corrected chi connectivity index (χ4v) is 1.05. The van der Waals surface area contributed by atoms with Crippen molar-refractivity contribution in [2.75, 3.05) is 0 Å². The highest BCUT2D eigenvalue weighted by Gasteiger charge is 2.05. The van der Waals surface area contributed by atoms with Crippen LogP contribution in [0.2, 0.25) is 0 Å². The summed E-state index contributed by atoms with van der Waals surface area (Å²) in [5.74, 6) is 2.47. The summed E-state index contributed by atoms with van der Waals surface area (Å²) in [7, 11) is 0. The van der Waals surface area contributed by atoms with Crippen LogP contribution in [0.1, 0.15) is 18.2 Å². The van der Waals surface area contributed by atoms with Crippen LogP contribution in [0.15, 0.2) is 6.20 Å². The average Bonchev–Trinajstić information content (AvgIpc) is 2.38. The van der Waals surface area contributed by atoms with Gasteiger partial charge in [-0.15, -0.1) is 12.3 Å². The third-order valence-electron chi connectivity index (χ3n) is 1.10. The van der Waals surface area contributed by atoms with Gasteiger partial charge in [0.15, 0.2) is 0 Å². The van der Waals surface area contributed by atoms with Gasteiger partial charge in [0.25, 0.3) is 0 Å². The Bertz CT molecular complexity index is 224. The van der Waals surface area contributed by atoms with Gasteiger partial charge in [0.2, 0.25) is 0 Å². The van der Waals surface area contributed by atoms with Gasteiger partial charge in [-0.1, -0.05) is 0 Å². The molecule has 4 heteroatoms. The van der Waals surface area contributed by atoms with Crippen LogP contribution in [-0.2, 0) is 0 Å². The minimum absolute atomic E-state index is 0.149. The highest BCUT2D eigenvalue weighted by molar-refractivity contribution is 6.99. The lowest BCUT2D eigenvalue weighted by Gasteiger charge is -2.00. The molecule has 0 saturated carbocycles. The van der Waals surface area contributed by atoms with Gasteiger partial charge in [0.05, 0.1) is 29.7 Å². The molecule has 1 rings (SSSR count). The van der Waals surface area contributed by atoms with Gasteiger partial charge in [-0.2, -0.15) is 8.75 Å². The molecule has 0 aliphatic rings. The lowest BCUT2D eigenvalue weighted by atomic mass is 10.2. The Balaban J connectivity index is 2.61. The number of hydrogen-bond donors (Lipinski definition) is 1. The van der Waals surface area contributed by atoms with E-state index in [0.29, 0.717) is 6.42 Å². The SMILES string of the molecule is C#CCC(N)c1cnsn1. The Morgan fingerprint density at radius 2 is 2.70 bits per heavy atom. The molecule has 0 aliphatic heterocycles. The van der Waals surface area contributed by atoms with E-state index in [4.69, 9.17) is 12.2 Å². The van der Waals surface area contributed by atoms with Crippen LogP contribution in [0.25, 0.3) is 0 Å². The Morgan fingerprint density at radius 1 is 1.90 bits per heavy atom. The van der Waals surface area contributed by atoms with Crippen LogP contribution in [0.3, 0.4) is 0 Å². The number of nitrogens with zero attached hydrogens (tertiary/aromatic N) is 2. The monoisotopic (exact) mass is 153 g/mol. The van der Waals surface area contributed by atoms with Gasteiger partial charge in [0, 0.05) is 6.42 Å². The fourth-order valence-electron chi connectivity index (χ4n) is 0.567. The number of aromatic nitrogens is 2. The normalized spacial score (nSPS) is 12.4. The number of terminal acetylenes is 1. The first kappa shape index (κ1) is 7.19. The van der Waals surface area contributed by atoms with Crippen LogP contribution >= 0.6 is 11.7 Å². The van der Waals surface area contributed by atoms with Crippen molar-refractivity contribution in [2.45, 2.75) is 12.5 Å². The number of nitrogens with two attached hydrogens (primary N) is 1. The second-order valence-corrected chi connectivity index (χ2v) is 2.40. The first-order valence-corrected chi connectivity index (χ1v) is 3.54. The van der Waals surface area contributed by atoms with E-state index < -0.39 is 0 Å². The van der Waals surface area contributed by atoms with Crippen molar-refractivity contribution in [3.63, 3.8) is 0 Å². The Labute approximate surface area is 63.6 Å². The largest absolute Gasteiger partial charge is 0.322 e. The average molecular weight is 153 g/mol. The van der Waals surface area contributed by atoms with Crippen molar-refractivity contribution in [3.05, 3.63) is 11.9 Å². The van der Waals surface area contributed by atoms with E-state index in [0.717, 1.165) is 17.4 Å². The van der Waals surface area contributed by atoms with Crippen LogP contribution in [0.5, 0.6) is 0 Å². The molecule has 2 N–H and O–H groups in total. The maximum atomic E-state index is 5.61. The van der Waals surface area contributed by atoms with Gasteiger partial charge < -0.3 is 5.73 Å². The maximum absolute atomic E-state index is 5.61. The van der Waals surface area contributed by atoms with E-state index in [1.54, 1.807) is 6.20 Å². The van der Waals surface area contributed by atoms with Gasteiger partial charge in [0.1, 0.15) is 0 Å². The Kier molecular flexibility index (Phi) is 2.37. The molecule has 1 atom stereocenters. The van der Waals surface area contributed by atoms with Crippen molar-refractivity contribution in [3.8, 4) is 12.3 Å². The van der Waals surface area contributed by atoms with Crippen molar-refractivity contribution in [2.24, 2.45) is 5.73 Å². The Morgan fingerprint density at radius 3 is 3.20 bits per heavy atom. The van der Waals surface area contributed by atoms with E-state index in [-0.39, 0.29) is 6.04 Å². The zero-order valence-electron chi connectivity index (χ0n) is 5.32. The van der Waals surface area contributed by atoms with E-state index in [1.807, 2.05) is 0 Å². The summed E-state index contributed by atoms with van der Waals surface area (Å²) in [6.45, 7) is 0. The molecule has 0 amide bonds. The minimum atomic E-state index is -0.149. The van der Waals surface area contributed by atoms with Crippen LogP contribution in [0, 0.1) is 12.3 Å². The van der Waals surface area contributed by atoms with Crippen LogP contribution < -0.4 is 5.73 Å². The lowest BCUT2D eigenvalue weighted by Crippen LogP contribution is -2.09. The molecule has 3 nitrogen and oxygen atoms in total. The summed E-state index contributed by atoms with van der Waals surface area (Å²) in [5.41, 5.74) is 6.39. The van der Waals surface area contributed by atoms with Gasteiger partial charge >= 0.3 is 0 Å². The predicted molar refractivity (Wildman–Crippen MR) is 40.3 cm³/mol. The molecule has 1 heterocycles. The fraction of sp³-hybridized carbons (Fsp3) is 0.333.